The van der Waals surface area contributed by atoms with E-state index >= 15 is 0 Å². The Balaban J connectivity index is 1.63. The van der Waals surface area contributed by atoms with Gasteiger partial charge in [0.1, 0.15) is 10.7 Å². The van der Waals surface area contributed by atoms with Gasteiger partial charge in [-0.15, -0.1) is 11.3 Å². The number of carbonyl (C=O) groups excluding carboxylic acids is 2. The van der Waals surface area contributed by atoms with Gasteiger partial charge in [0, 0.05) is 17.0 Å². The molecule has 0 aliphatic heterocycles. The Labute approximate surface area is 180 Å². The highest BCUT2D eigenvalue weighted by Crippen LogP contribution is 2.33. The first-order chi connectivity index (χ1) is 14.9. The van der Waals surface area contributed by atoms with Crippen LogP contribution >= 0.6 is 11.3 Å². The molecule has 3 aromatic rings. The Kier molecular flexibility index (Phi) is 6.78. The number of carbonyl (C=O) groups is 2. The minimum atomic E-state index is -0.791. The second kappa shape index (κ2) is 9.67. The zero-order valence-corrected chi connectivity index (χ0v) is 17.3. The molecule has 0 fully saturated rings. The lowest BCUT2D eigenvalue weighted by molar-refractivity contribution is -0.383. The van der Waals surface area contributed by atoms with Crippen LogP contribution in [0.3, 0.4) is 0 Å². The van der Waals surface area contributed by atoms with Gasteiger partial charge in [0.25, 0.3) is 11.6 Å². The van der Waals surface area contributed by atoms with Crippen molar-refractivity contribution in [2.24, 2.45) is 0 Å². The molecule has 31 heavy (non-hydrogen) atoms. The number of thiazole rings is 1. The quantitative estimate of drug-likeness (QED) is 0.318. The number of nitrogens with zero attached hydrogens (tertiary/aromatic N) is 2. The molecule has 10 nitrogen and oxygen atoms in total. The molecule has 1 heterocycles. The fourth-order valence-electron chi connectivity index (χ4n) is 2.60. The van der Waals surface area contributed by atoms with E-state index in [1.54, 1.807) is 24.3 Å². The van der Waals surface area contributed by atoms with E-state index in [1.165, 1.54) is 49.1 Å². The van der Waals surface area contributed by atoms with E-state index in [1.807, 2.05) is 0 Å². The number of ether oxygens (including phenoxy) is 3. The minimum absolute atomic E-state index is 0.0120. The molecule has 0 radical (unpaired) electrons. The molecule has 0 aliphatic rings. The first-order valence-electron chi connectivity index (χ1n) is 8.81. The van der Waals surface area contributed by atoms with Gasteiger partial charge in [0.2, 0.25) is 0 Å². The fourth-order valence-corrected chi connectivity index (χ4v) is 3.39. The number of esters is 1. The summed E-state index contributed by atoms with van der Waals surface area (Å²) in [6.07, 6.45) is 0. The topological polar surface area (TPSA) is 130 Å². The standard InChI is InChI=1S/C20H17N3O7S/c1-28-16-8-7-12(9-17(16)29-2)19-22-14(11-31-19)20(25)30-10-18(24)21-13-5-3-4-6-15(13)23(26)27/h3-9,11H,10H2,1-2H3,(H,21,24). The third kappa shape index (κ3) is 5.14. The van der Waals surface area contributed by atoms with E-state index in [0.717, 1.165) is 5.56 Å². The molecule has 3 rings (SSSR count). The molecule has 2 aromatic carbocycles. The van der Waals surface area contributed by atoms with E-state index in [0.29, 0.717) is 16.5 Å². The number of para-hydroxylation sites is 2. The van der Waals surface area contributed by atoms with Gasteiger partial charge in [-0.2, -0.15) is 0 Å². The Morgan fingerprint density at radius 1 is 1.13 bits per heavy atom. The van der Waals surface area contributed by atoms with Gasteiger partial charge < -0.3 is 19.5 Å². The van der Waals surface area contributed by atoms with Crippen molar-refractivity contribution in [2.75, 3.05) is 26.1 Å². The van der Waals surface area contributed by atoms with Gasteiger partial charge in [-0.25, -0.2) is 9.78 Å². The van der Waals surface area contributed by atoms with Crippen molar-refractivity contribution in [3.63, 3.8) is 0 Å². The van der Waals surface area contributed by atoms with E-state index < -0.39 is 23.4 Å². The lowest BCUT2D eigenvalue weighted by Gasteiger charge is -2.08. The summed E-state index contributed by atoms with van der Waals surface area (Å²) in [4.78, 5) is 38.9. The smallest absolute Gasteiger partial charge is 0.358 e. The second-order valence-corrected chi connectivity index (χ2v) is 6.86. The molecule has 0 aliphatic carbocycles. The molecule has 0 unspecified atom stereocenters. The summed E-state index contributed by atoms with van der Waals surface area (Å²) in [5.41, 5.74) is 0.503. The zero-order valence-electron chi connectivity index (χ0n) is 16.5. The Bertz CT molecular complexity index is 1130. The van der Waals surface area contributed by atoms with Crippen molar-refractivity contribution in [3.05, 3.63) is 63.7 Å². The highest BCUT2D eigenvalue weighted by Gasteiger charge is 2.18. The van der Waals surface area contributed by atoms with Gasteiger partial charge in [-0.1, -0.05) is 12.1 Å². The van der Waals surface area contributed by atoms with Crippen LogP contribution in [0.4, 0.5) is 11.4 Å². The number of hydrogen-bond acceptors (Lipinski definition) is 9. The van der Waals surface area contributed by atoms with E-state index in [2.05, 4.69) is 10.3 Å². The van der Waals surface area contributed by atoms with Crippen LogP contribution in [0.1, 0.15) is 10.5 Å². The lowest BCUT2D eigenvalue weighted by Crippen LogP contribution is -2.21. The fraction of sp³-hybridized carbons (Fsp3) is 0.150. The molecule has 11 heteroatoms. The molecule has 0 saturated heterocycles. The normalized spacial score (nSPS) is 10.3. The highest BCUT2D eigenvalue weighted by atomic mass is 32.1. The maximum absolute atomic E-state index is 12.2. The van der Waals surface area contributed by atoms with Crippen molar-refractivity contribution in [3.8, 4) is 22.1 Å². The Hall–Kier alpha value is -3.99. The van der Waals surface area contributed by atoms with E-state index in [9.17, 15) is 19.7 Å². The number of amides is 1. The third-order valence-electron chi connectivity index (χ3n) is 4.05. The summed E-state index contributed by atoms with van der Waals surface area (Å²) in [6, 6.07) is 10.9. The first kappa shape index (κ1) is 21.7. The molecule has 1 N–H and O–H groups in total. The number of nitro groups is 1. The van der Waals surface area contributed by atoms with Crippen LogP contribution in [0.15, 0.2) is 47.8 Å². The van der Waals surface area contributed by atoms with Crippen LogP contribution in [0.2, 0.25) is 0 Å². The van der Waals surface area contributed by atoms with Crippen molar-refractivity contribution in [1.29, 1.82) is 0 Å². The lowest BCUT2D eigenvalue weighted by atomic mass is 10.2. The van der Waals surface area contributed by atoms with Crippen molar-refractivity contribution < 1.29 is 28.7 Å². The molecule has 160 valence electrons. The number of hydrogen-bond donors (Lipinski definition) is 1. The first-order valence-corrected chi connectivity index (χ1v) is 9.69. The molecule has 1 amide bonds. The van der Waals surface area contributed by atoms with Crippen LogP contribution < -0.4 is 14.8 Å². The van der Waals surface area contributed by atoms with Gasteiger partial charge in [0.15, 0.2) is 23.8 Å². The second-order valence-electron chi connectivity index (χ2n) is 6.01. The predicted octanol–water partition coefficient (Wildman–Crippen LogP) is 3.53. The zero-order chi connectivity index (χ0) is 22.4. The van der Waals surface area contributed by atoms with Gasteiger partial charge >= 0.3 is 5.97 Å². The van der Waals surface area contributed by atoms with Gasteiger partial charge in [-0.05, 0) is 24.3 Å². The average Bonchev–Trinajstić information content (AvgIpc) is 3.27. The van der Waals surface area contributed by atoms with Crippen molar-refractivity contribution in [2.45, 2.75) is 0 Å². The number of aromatic nitrogens is 1. The van der Waals surface area contributed by atoms with Crippen LogP contribution in [-0.4, -0.2) is 42.6 Å². The maximum atomic E-state index is 12.2. The highest BCUT2D eigenvalue weighted by molar-refractivity contribution is 7.13. The number of rotatable bonds is 8. The molecular weight excluding hydrogens is 426 g/mol. The summed E-state index contributed by atoms with van der Waals surface area (Å²) in [5, 5.41) is 15.4. The van der Waals surface area contributed by atoms with Crippen LogP contribution in [-0.2, 0) is 9.53 Å². The summed E-state index contributed by atoms with van der Waals surface area (Å²) >= 11 is 1.22. The SMILES string of the molecule is COc1ccc(-c2nc(C(=O)OCC(=O)Nc3ccccc3[N+](=O)[O-])cs2)cc1OC. The Morgan fingerprint density at radius 2 is 1.87 bits per heavy atom. The predicted molar refractivity (Wildman–Crippen MR) is 113 cm³/mol. The Morgan fingerprint density at radius 3 is 2.58 bits per heavy atom. The monoisotopic (exact) mass is 443 g/mol. The number of nitrogens with one attached hydrogen (secondary N) is 1. The van der Waals surface area contributed by atoms with Crippen molar-refractivity contribution in [1.82, 2.24) is 4.98 Å². The van der Waals surface area contributed by atoms with Crippen molar-refractivity contribution >= 4 is 34.6 Å². The minimum Gasteiger partial charge on any atom is -0.493 e. The number of nitro benzene ring substituents is 1. The summed E-state index contributed by atoms with van der Waals surface area (Å²) in [5.74, 6) is -0.420. The van der Waals surface area contributed by atoms with Gasteiger partial charge in [0.05, 0.1) is 19.1 Å². The molecule has 0 bridgehead atoms. The summed E-state index contributed by atoms with van der Waals surface area (Å²) < 4.78 is 15.4. The van der Waals surface area contributed by atoms with Crippen LogP contribution in [0.25, 0.3) is 10.6 Å². The molecule has 1 aromatic heterocycles. The average molecular weight is 443 g/mol. The summed E-state index contributed by atoms with van der Waals surface area (Å²) in [6.45, 7) is -0.617. The molecule has 0 atom stereocenters. The van der Waals surface area contributed by atoms with E-state index in [-0.39, 0.29) is 17.1 Å². The molecule has 0 spiro atoms. The van der Waals surface area contributed by atoms with Gasteiger partial charge in [-0.3, -0.25) is 14.9 Å². The molecular formula is C20H17N3O7S. The number of methoxy groups -OCH3 is 2. The van der Waals surface area contributed by atoms with Crippen LogP contribution in [0, 0.1) is 10.1 Å². The van der Waals surface area contributed by atoms with E-state index in [4.69, 9.17) is 14.2 Å². The third-order valence-corrected chi connectivity index (χ3v) is 4.94. The summed E-state index contributed by atoms with van der Waals surface area (Å²) in [7, 11) is 3.04. The van der Waals surface area contributed by atoms with Crippen LogP contribution in [0.5, 0.6) is 11.5 Å². The number of anilines is 1. The number of benzene rings is 2. The molecule has 0 saturated carbocycles. The largest absolute Gasteiger partial charge is 0.493 e. The maximum Gasteiger partial charge on any atom is 0.358 e.